The van der Waals surface area contributed by atoms with E-state index in [0.29, 0.717) is 11.1 Å². The molecule has 0 saturated heterocycles. The first-order valence-corrected chi connectivity index (χ1v) is 8.48. The lowest BCUT2D eigenvalue weighted by Gasteiger charge is -2.13. The molecule has 0 unspecified atom stereocenters. The van der Waals surface area contributed by atoms with E-state index in [4.69, 9.17) is 0 Å². The third-order valence-electron chi connectivity index (χ3n) is 4.59. The number of rotatable bonds is 4. The fourth-order valence-electron chi connectivity index (χ4n) is 2.91. The highest BCUT2D eigenvalue weighted by atomic mass is 19.1. The molecular formula is C22H17F2NO3. The minimum atomic E-state index is -1.23. The number of carbonyl (C=O) groups is 2. The van der Waals surface area contributed by atoms with Crippen LogP contribution in [-0.4, -0.2) is 17.0 Å². The summed E-state index contributed by atoms with van der Waals surface area (Å²) in [6.45, 7) is 3.67. The average molecular weight is 381 g/mol. The van der Waals surface area contributed by atoms with Gasteiger partial charge in [-0.05, 0) is 60.9 Å². The quantitative estimate of drug-likeness (QED) is 0.653. The minimum Gasteiger partial charge on any atom is -0.478 e. The van der Waals surface area contributed by atoms with Crippen LogP contribution in [0.3, 0.4) is 0 Å². The molecular weight excluding hydrogens is 364 g/mol. The summed E-state index contributed by atoms with van der Waals surface area (Å²) in [6.07, 6.45) is 0. The summed E-state index contributed by atoms with van der Waals surface area (Å²) in [6, 6.07) is 12.4. The summed E-state index contributed by atoms with van der Waals surface area (Å²) in [5.74, 6) is -3.20. The van der Waals surface area contributed by atoms with Crippen molar-refractivity contribution in [3.8, 4) is 11.1 Å². The fraction of sp³-hybridized carbons (Fsp3) is 0.0909. The Hall–Kier alpha value is -3.54. The number of aromatic carboxylic acids is 1. The first kappa shape index (κ1) is 19.2. The molecule has 1 amide bonds. The van der Waals surface area contributed by atoms with Crippen molar-refractivity contribution in [1.82, 2.24) is 0 Å². The molecule has 0 heterocycles. The van der Waals surface area contributed by atoms with Gasteiger partial charge in [0.15, 0.2) is 0 Å². The first-order chi connectivity index (χ1) is 13.3. The Morgan fingerprint density at radius 3 is 2.36 bits per heavy atom. The molecule has 0 radical (unpaired) electrons. The number of hydrogen-bond donors (Lipinski definition) is 2. The van der Waals surface area contributed by atoms with Gasteiger partial charge in [0, 0.05) is 17.2 Å². The molecule has 142 valence electrons. The van der Waals surface area contributed by atoms with Gasteiger partial charge >= 0.3 is 5.97 Å². The number of amides is 1. The van der Waals surface area contributed by atoms with Gasteiger partial charge in [-0.15, -0.1) is 0 Å². The van der Waals surface area contributed by atoms with Crippen LogP contribution in [0.5, 0.6) is 0 Å². The maximum atomic E-state index is 14.1. The highest BCUT2D eigenvalue weighted by Gasteiger charge is 2.17. The van der Waals surface area contributed by atoms with E-state index in [-0.39, 0.29) is 16.8 Å². The van der Waals surface area contributed by atoms with Gasteiger partial charge in [0.2, 0.25) is 0 Å². The maximum absolute atomic E-state index is 14.1. The SMILES string of the molecule is Cc1cccc(C(=O)Nc2cc(-c3ccc(F)cc3F)ccc2C(=O)O)c1C. The van der Waals surface area contributed by atoms with Gasteiger partial charge in [-0.3, -0.25) is 4.79 Å². The topological polar surface area (TPSA) is 66.4 Å². The summed E-state index contributed by atoms with van der Waals surface area (Å²) in [4.78, 5) is 24.2. The van der Waals surface area contributed by atoms with Gasteiger partial charge < -0.3 is 10.4 Å². The predicted octanol–water partition coefficient (Wildman–Crippen LogP) is 5.20. The number of hydrogen-bond acceptors (Lipinski definition) is 2. The molecule has 3 aromatic rings. The molecule has 0 fully saturated rings. The highest BCUT2D eigenvalue weighted by Crippen LogP contribution is 2.29. The number of carboxylic acid groups (broad SMARTS) is 1. The second-order valence-electron chi connectivity index (χ2n) is 6.39. The number of halogens is 2. The summed E-state index contributed by atoms with van der Waals surface area (Å²) in [5, 5.41) is 12.0. The number of carbonyl (C=O) groups excluding carboxylic acids is 1. The first-order valence-electron chi connectivity index (χ1n) is 8.48. The lowest BCUT2D eigenvalue weighted by Crippen LogP contribution is -2.16. The van der Waals surface area contributed by atoms with Gasteiger partial charge in [0.05, 0.1) is 11.3 Å². The minimum absolute atomic E-state index is 0.0274. The number of anilines is 1. The van der Waals surface area contributed by atoms with Gasteiger partial charge in [-0.1, -0.05) is 18.2 Å². The zero-order valence-corrected chi connectivity index (χ0v) is 15.2. The van der Waals surface area contributed by atoms with Crippen LogP contribution >= 0.6 is 0 Å². The maximum Gasteiger partial charge on any atom is 0.337 e. The number of benzene rings is 3. The van der Waals surface area contributed by atoms with E-state index in [9.17, 15) is 23.5 Å². The van der Waals surface area contributed by atoms with Crippen LogP contribution in [0.25, 0.3) is 11.1 Å². The molecule has 3 aromatic carbocycles. The van der Waals surface area contributed by atoms with Crippen molar-refractivity contribution in [2.24, 2.45) is 0 Å². The monoisotopic (exact) mass is 381 g/mol. The van der Waals surface area contributed by atoms with E-state index in [1.54, 1.807) is 19.1 Å². The van der Waals surface area contributed by atoms with E-state index in [0.717, 1.165) is 23.3 Å². The largest absolute Gasteiger partial charge is 0.478 e. The lowest BCUT2D eigenvalue weighted by molar-refractivity contribution is 0.0698. The molecule has 2 N–H and O–H groups in total. The Morgan fingerprint density at radius 1 is 0.929 bits per heavy atom. The summed E-state index contributed by atoms with van der Waals surface area (Å²) in [7, 11) is 0. The van der Waals surface area contributed by atoms with Crippen molar-refractivity contribution in [3.63, 3.8) is 0 Å². The zero-order chi connectivity index (χ0) is 20.4. The molecule has 0 aromatic heterocycles. The molecule has 0 atom stereocenters. The molecule has 0 aliphatic rings. The van der Waals surface area contributed by atoms with Crippen LogP contribution in [0.2, 0.25) is 0 Å². The van der Waals surface area contributed by atoms with Gasteiger partial charge in [0.25, 0.3) is 5.91 Å². The van der Waals surface area contributed by atoms with Crippen molar-refractivity contribution in [1.29, 1.82) is 0 Å². The van der Waals surface area contributed by atoms with Gasteiger partial charge in [-0.25, -0.2) is 13.6 Å². The molecule has 6 heteroatoms. The average Bonchev–Trinajstić information content (AvgIpc) is 2.63. The summed E-state index contributed by atoms with van der Waals surface area (Å²) < 4.78 is 27.3. The number of aryl methyl sites for hydroxylation is 1. The van der Waals surface area contributed by atoms with Crippen molar-refractivity contribution in [2.75, 3.05) is 5.32 Å². The Balaban J connectivity index is 2.04. The van der Waals surface area contributed by atoms with Crippen molar-refractivity contribution >= 4 is 17.6 Å². The summed E-state index contributed by atoms with van der Waals surface area (Å²) >= 11 is 0. The van der Waals surface area contributed by atoms with E-state index < -0.39 is 23.5 Å². The molecule has 3 rings (SSSR count). The van der Waals surface area contributed by atoms with Crippen molar-refractivity contribution in [3.05, 3.63) is 88.5 Å². The molecule has 0 saturated carbocycles. The van der Waals surface area contributed by atoms with Crippen LogP contribution in [0.4, 0.5) is 14.5 Å². The predicted molar refractivity (Wildman–Crippen MR) is 103 cm³/mol. The smallest absolute Gasteiger partial charge is 0.337 e. The second kappa shape index (κ2) is 7.60. The third-order valence-corrected chi connectivity index (χ3v) is 4.59. The van der Waals surface area contributed by atoms with Crippen LogP contribution in [0, 0.1) is 25.5 Å². The lowest BCUT2D eigenvalue weighted by atomic mass is 10.0. The van der Waals surface area contributed by atoms with Crippen LogP contribution in [-0.2, 0) is 0 Å². The van der Waals surface area contributed by atoms with E-state index in [2.05, 4.69) is 5.32 Å². The number of nitrogens with one attached hydrogen (secondary N) is 1. The Kier molecular flexibility index (Phi) is 5.22. The van der Waals surface area contributed by atoms with E-state index >= 15 is 0 Å². The zero-order valence-electron chi connectivity index (χ0n) is 15.2. The molecule has 0 bridgehead atoms. The van der Waals surface area contributed by atoms with Crippen LogP contribution in [0.15, 0.2) is 54.6 Å². The number of carboxylic acids is 1. The molecule has 28 heavy (non-hydrogen) atoms. The molecule has 0 spiro atoms. The van der Waals surface area contributed by atoms with Crippen LogP contribution in [0.1, 0.15) is 31.8 Å². The Labute approximate surface area is 160 Å². The van der Waals surface area contributed by atoms with Gasteiger partial charge in [-0.2, -0.15) is 0 Å². The van der Waals surface area contributed by atoms with E-state index in [1.165, 1.54) is 24.3 Å². The molecule has 0 aliphatic carbocycles. The van der Waals surface area contributed by atoms with Crippen molar-refractivity contribution in [2.45, 2.75) is 13.8 Å². The summed E-state index contributed by atoms with van der Waals surface area (Å²) in [5.41, 5.74) is 2.42. The molecule has 0 aliphatic heterocycles. The Bertz CT molecular complexity index is 1090. The molecule has 4 nitrogen and oxygen atoms in total. The Morgan fingerprint density at radius 2 is 1.68 bits per heavy atom. The van der Waals surface area contributed by atoms with Crippen molar-refractivity contribution < 1.29 is 23.5 Å². The highest BCUT2D eigenvalue weighted by molar-refractivity contribution is 6.09. The standard InChI is InChI=1S/C22H17F2NO3/c1-12-4-3-5-16(13(12)2)21(26)25-20-10-14(6-8-18(20)22(27)28)17-9-7-15(23)11-19(17)24/h3-11H,1-2H3,(H,25,26)(H,27,28). The van der Waals surface area contributed by atoms with E-state index in [1.807, 2.05) is 13.0 Å². The normalized spacial score (nSPS) is 10.6. The fourth-order valence-corrected chi connectivity index (χ4v) is 2.91. The second-order valence-corrected chi connectivity index (χ2v) is 6.39. The van der Waals surface area contributed by atoms with Gasteiger partial charge in [0.1, 0.15) is 11.6 Å². The van der Waals surface area contributed by atoms with Crippen LogP contribution < -0.4 is 5.32 Å². The third kappa shape index (κ3) is 3.76.